The van der Waals surface area contributed by atoms with Crippen molar-refractivity contribution in [1.82, 2.24) is 4.90 Å². The zero-order valence-electron chi connectivity index (χ0n) is 13.5. The predicted molar refractivity (Wildman–Crippen MR) is 90.9 cm³/mol. The molecule has 0 radical (unpaired) electrons. The van der Waals surface area contributed by atoms with E-state index in [9.17, 15) is 17.6 Å². The smallest absolute Gasteiger partial charge is 0.261 e. The van der Waals surface area contributed by atoms with Crippen LogP contribution in [0.2, 0.25) is 0 Å². The van der Waals surface area contributed by atoms with Crippen LogP contribution in [0.25, 0.3) is 0 Å². The summed E-state index contributed by atoms with van der Waals surface area (Å²) in [6.45, 7) is 5.00. The number of amides is 1. The Morgan fingerprint density at radius 3 is 2.04 bits per heavy atom. The van der Waals surface area contributed by atoms with E-state index in [0.717, 1.165) is 12.1 Å². The van der Waals surface area contributed by atoms with E-state index in [4.69, 9.17) is 0 Å². The SMILES string of the molecule is CCN(CC)C(=O)c1ccc(NS(=O)(=O)c2ccc(F)cc2)cc1. The number of anilines is 1. The molecule has 0 aliphatic heterocycles. The number of sulfonamides is 1. The second-order valence-electron chi connectivity index (χ2n) is 5.11. The monoisotopic (exact) mass is 350 g/mol. The van der Waals surface area contributed by atoms with Gasteiger partial charge >= 0.3 is 0 Å². The Bertz CT molecular complexity index is 799. The van der Waals surface area contributed by atoms with Gasteiger partial charge in [0.2, 0.25) is 0 Å². The molecule has 0 atom stereocenters. The van der Waals surface area contributed by atoms with Crippen LogP contribution in [0.5, 0.6) is 0 Å². The van der Waals surface area contributed by atoms with Crippen molar-refractivity contribution >= 4 is 21.6 Å². The molecule has 0 aliphatic carbocycles. The average Bonchev–Trinajstić information content (AvgIpc) is 2.56. The van der Waals surface area contributed by atoms with Gasteiger partial charge in [0.05, 0.1) is 4.90 Å². The molecule has 0 bridgehead atoms. The molecule has 2 aromatic rings. The quantitative estimate of drug-likeness (QED) is 0.870. The molecule has 0 saturated carbocycles. The lowest BCUT2D eigenvalue weighted by atomic mass is 10.2. The standard InChI is InChI=1S/C17H19FN2O3S/c1-3-20(4-2)17(21)13-5-9-15(10-6-13)19-24(22,23)16-11-7-14(18)8-12-16/h5-12,19H,3-4H2,1-2H3. The van der Waals surface area contributed by atoms with Gasteiger partial charge in [0.15, 0.2) is 0 Å². The summed E-state index contributed by atoms with van der Waals surface area (Å²) in [5.41, 5.74) is 0.818. The summed E-state index contributed by atoms with van der Waals surface area (Å²) in [6, 6.07) is 10.7. The highest BCUT2D eigenvalue weighted by atomic mass is 32.2. The maximum absolute atomic E-state index is 12.9. The van der Waals surface area contributed by atoms with Crippen LogP contribution in [0.4, 0.5) is 10.1 Å². The van der Waals surface area contributed by atoms with Gasteiger partial charge in [-0.15, -0.1) is 0 Å². The van der Waals surface area contributed by atoms with Crippen LogP contribution in [0, 0.1) is 5.82 Å². The van der Waals surface area contributed by atoms with Crippen molar-refractivity contribution in [2.45, 2.75) is 18.7 Å². The molecule has 2 aromatic carbocycles. The minimum absolute atomic E-state index is 0.0350. The Labute approximate surface area is 141 Å². The van der Waals surface area contributed by atoms with Crippen LogP contribution < -0.4 is 4.72 Å². The van der Waals surface area contributed by atoms with Crippen LogP contribution in [0.3, 0.4) is 0 Å². The molecule has 24 heavy (non-hydrogen) atoms. The first-order valence-electron chi connectivity index (χ1n) is 7.55. The Hall–Kier alpha value is -2.41. The normalized spacial score (nSPS) is 11.1. The molecule has 5 nitrogen and oxygen atoms in total. The fourth-order valence-corrected chi connectivity index (χ4v) is 3.26. The summed E-state index contributed by atoms with van der Waals surface area (Å²) in [7, 11) is -3.80. The number of carbonyl (C=O) groups is 1. The van der Waals surface area contributed by atoms with Crippen molar-refractivity contribution in [2.75, 3.05) is 17.8 Å². The van der Waals surface area contributed by atoms with Gasteiger partial charge in [-0.3, -0.25) is 9.52 Å². The maximum atomic E-state index is 12.9. The number of benzene rings is 2. The fraction of sp³-hybridized carbons (Fsp3) is 0.235. The van der Waals surface area contributed by atoms with E-state index in [1.807, 2.05) is 13.8 Å². The topological polar surface area (TPSA) is 66.5 Å². The van der Waals surface area contributed by atoms with E-state index >= 15 is 0 Å². The predicted octanol–water partition coefficient (Wildman–Crippen LogP) is 3.11. The number of nitrogens with zero attached hydrogens (tertiary/aromatic N) is 1. The molecule has 0 fully saturated rings. The first kappa shape index (κ1) is 17.9. The zero-order chi connectivity index (χ0) is 17.7. The highest BCUT2D eigenvalue weighted by Crippen LogP contribution is 2.17. The molecular weight excluding hydrogens is 331 g/mol. The van der Waals surface area contributed by atoms with Crippen LogP contribution in [-0.2, 0) is 10.0 Å². The summed E-state index contributed by atoms with van der Waals surface area (Å²) in [5, 5.41) is 0. The third kappa shape index (κ3) is 4.11. The van der Waals surface area contributed by atoms with E-state index in [0.29, 0.717) is 24.3 Å². The van der Waals surface area contributed by atoms with E-state index in [1.54, 1.807) is 17.0 Å². The Morgan fingerprint density at radius 2 is 1.54 bits per heavy atom. The molecule has 1 amide bonds. The molecule has 7 heteroatoms. The van der Waals surface area contributed by atoms with E-state index in [2.05, 4.69) is 4.72 Å². The van der Waals surface area contributed by atoms with Crippen LogP contribution >= 0.6 is 0 Å². The second kappa shape index (κ2) is 7.44. The Balaban J connectivity index is 2.16. The van der Waals surface area contributed by atoms with Crippen molar-refractivity contribution < 1.29 is 17.6 Å². The average molecular weight is 350 g/mol. The molecule has 128 valence electrons. The van der Waals surface area contributed by atoms with Gasteiger partial charge in [0.25, 0.3) is 15.9 Å². The fourth-order valence-electron chi connectivity index (χ4n) is 2.20. The highest BCUT2D eigenvalue weighted by Gasteiger charge is 2.15. The van der Waals surface area contributed by atoms with Crippen molar-refractivity contribution in [3.05, 3.63) is 59.9 Å². The summed E-state index contributed by atoms with van der Waals surface area (Å²) >= 11 is 0. The summed E-state index contributed by atoms with van der Waals surface area (Å²) in [6.07, 6.45) is 0. The summed E-state index contributed by atoms with van der Waals surface area (Å²) < 4.78 is 39.7. The van der Waals surface area contributed by atoms with E-state index in [1.165, 1.54) is 24.3 Å². The first-order chi connectivity index (χ1) is 11.4. The van der Waals surface area contributed by atoms with Gasteiger partial charge in [-0.25, -0.2) is 12.8 Å². The summed E-state index contributed by atoms with van der Waals surface area (Å²) in [4.78, 5) is 13.9. The van der Waals surface area contributed by atoms with Gasteiger partial charge in [-0.1, -0.05) is 0 Å². The number of nitrogens with one attached hydrogen (secondary N) is 1. The van der Waals surface area contributed by atoms with Crippen LogP contribution in [0.15, 0.2) is 53.4 Å². The molecule has 0 spiro atoms. The minimum Gasteiger partial charge on any atom is -0.339 e. The molecule has 0 saturated heterocycles. The molecule has 0 aromatic heterocycles. The first-order valence-corrected chi connectivity index (χ1v) is 9.03. The van der Waals surface area contributed by atoms with Crippen LogP contribution in [0.1, 0.15) is 24.2 Å². The van der Waals surface area contributed by atoms with Crippen molar-refractivity contribution in [3.63, 3.8) is 0 Å². The molecule has 0 aliphatic rings. The lowest BCUT2D eigenvalue weighted by Crippen LogP contribution is -2.30. The van der Waals surface area contributed by atoms with E-state index < -0.39 is 15.8 Å². The van der Waals surface area contributed by atoms with Gasteiger partial charge in [-0.2, -0.15) is 0 Å². The number of halogens is 1. The Kier molecular flexibility index (Phi) is 5.56. The maximum Gasteiger partial charge on any atom is 0.261 e. The van der Waals surface area contributed by atoms with Gasteiger partial charge in [0.1, 0.15) is 5.82 Å². The Morgan fingerprint density at radius 1 is 1.00 bits per heavy atom. The van der Waals surface area contributed by atoms with E-state index in [-0.39, 0.29) is 10.8 Å². The van der Waals surface area contributed by atoms with Gasteiger partial charge in [-0.05, 0) is 62.4 Å². The van der Waals surface area contributed by atoms with Crippen molar-refractivity contribution in [1.29, 1.82) is 0 Å². The van der Waals surface area contributed by atoms with Crippen molar-refractivity contribution in [2.24, 2.45) is 0 Å². The highest BCUT2D eigenvalue weighted by molar-refractivity contribution is 7.92. The number of hydrogen-bond acceptors (Lipinski definition) is 3. The minimum atomic E-state index is -3.80. The third-order valence-electron chi connectivity index (χ3n) is 3.56. The molecular formula is C17H19FN2O3S. The molecule has 1 N–H and O–H groups in total. The van der Waals surface area contributed by atoms with Crippen molar-refractivity contribution in [3.8, 4) is 0 Å². The lowest BCUT2D eigenvalue weighted by Gasteiger charge is -2.18. The summed E-state index contributed by atoms with van der Waals surface area (Å²) in [5.74, 6) is -0.610. The molecule has 0 heterocycles. The van der Waals surface area contributed by atoms with Crippen LogP contribution in [-0.4, -0.2) is 32.3 Å². The molecule has 2 rings (SSSR count). The molecule has 0 unspecified atom stereocenters. The zero-order valence-corrected chi connectivity index (χ0v) is 14.3. The number of carbonyl (C=O) groups excluding carboxylic acids is 1. The second-order valence-corrected chi connectivity index (χ2v) is 6.80. The van der Waals surface area contributed by atoms with Gasteiger partial charge in [0, 0.05) is 24.3 Å². The third-order valence-corrected chi connectivity index (χ3v) is 4.96. The largest absolute Gasteiger partial charge is 0.339 e. The lowest BCUT2D eigenvalue weighted by molar-refractivity contribution is 0.0773. The number of hydrogen-bond donors (Lipinski definition) is 1. The van der Waals surface area contributed by atoms with Gasteiger partial charge < -0.3 is 4.90 Å². The number of rotatable bonds is 6.